The quantitative estimate of drug-likeness (QED) is 0.520. The normalized spacial score (nSPS) is 12.9. The Morgan fingerprint density at radius 3 is 2.46 bits per heavy atom. The monoisotopic (exact) mass is 377 g/mol. The molecule has 1 aromatic heterocycles. The van der Waals surface area contributed by atoms with E-state index >= 15 is 0 Å². The molecule has 0 aliphatic rings. The summed E-state index contributed by atoms with van der Waals surface area (Å²) in [6.45, 7) is 8.36. The van der Waals surface area contributed by atoms with E-state index in [4.69, 9.17) is 0 Å². The number of para-hydroxylation sites is 1. The van der Waals surface area contributed by atoms with E-state index in [0.29, 0.717) is 11.9 Å². The van der Waals surface area contributed by atoms with Gasteiger partial charge < -0.3 is 0 Å². The van der Waals surface area contributed by atoms with E-state index in [0.717, 1.165) is 29.5 Å². The lowest BCUT2D eigenvalue weighted by Crippen LogP contribution is -2.25. The van der Waals surface area contributed by atoms with Crippen molar-refractivity contribution in [2.24, 2.45) is 11.3 Å². The number of hydrogen-bond donors (Lipinski definition) is 0. The molecule has 146 valence electrons. The van der Waals surface area contributed by atoms with Crippen LogP contribution in [0.5, 0.6) is 0 Å². The van der Waals surface area contributed by atoms with Crippen molar-refractivity contribution in [3.63, 3.8) is 0 Å². The summed E-state index contributed by atoms with van der Waals surface area (Å²) in [4.78, 5) is 17.7. The number of Topliss-reactive ketones (excluding diaryl/α,β-unsaturated/α-hetero) is 1. The Bertz CT molecular complexity index is 973. The SMILES string of the molecule is Cc1nc2c(F)cccc2cc1CC(=O)C(Cc1ccccc1)CC(C)(C)C. The van der Waals surface area contributed by atoms with Crippen molar-refractivity contribution in [3.05, 3.63) is 77.2 Å². The average Bonchev–Trinajstić information content (AvgIpc) is 2.62. The predicted octanol–water partition coefficient (Wildman–Crippen LogP) is 6.09. The van der Waals surface area contributed by atoms with Gasteiger partial charge in [0, 0.05) is 23.4 Å². The molecule has 1 heterocycles. The van der Waals surface area contributed by atoms with Crippen molar-refractivity contribution in [1.82, 2.24) is 4.98 Å². The molecule has 2 aromatic carbocycles. The number of pyridine rings is 1. The van der Waals surface area contributed by atoms with Crippen LogP contribution in [0, 0.1) is 24.1 Å². The van der Waals surface area contributed by atoms with Crippen LogP contribution in [0.25, 0.3) is 10.9 Å². The molecule has 0 amide bonds. The van der Waals surface area contributed by atoms with Gasteiger partial charge in [0.1, 0.15) is 17.1 Å². The van der Waals surface area contributed by atoms with E-state index in [1.54, 1.807) is 6.07 Å². The van der Waals surface area contributed by atoms with E-state index in [9.17, 15) is 9.18 Å². The lowest BCUT2D eigenvalue weighted by Gasteiger charge is -2.25. The molecular weight excluding hydrogens is 349 g/mol. The first-order valence-corrected chi connectivity index (χ1v) is 9.84. The highest BCUT2D eigenvalue weighted by Gasteiger charge is 2.26. The number of aryl methyl sites for hydroxylation is 1. The number of carbonyl (C=O) groups excluding carboxylic acids is 1. The van der Waals surface area contributed by atoms with Gasteiger partial charge in [-0.1, -0.05) is 63.2 Å². The maximum atomic E-state index is 14.0. The smallest absolute Gasteiger partial charge is 0.149 e. The summed E-state index contributed by atoms with van der Waals surface area (Å²) in [6.07, 6.45) is 1.90. The second-order valence-corrected chi connectivity index (χ2v) is 8.84. The first kappa shape index (κ1) is 20.2. The Morgan fingerprint density at radius 1 is 1.07 bits per heavy atom. The van der Waals surface area contributed by atoms with Crippen LogP contribution in [-0.4, -0.2) is 10.8 Å². The Hall–Kier alpha value is -2.55. The second-order valence-electron chi connectivity index (χ2n) is 8.84. The molecule has 0 N–H and O–H groups in total. The fraction of sp³-hybridized carbons (Fsp3) is 0.360. The minimum atomic E-state index is -0.326. The highest BCUT2D eigenvalue weighted by atomic mass is 19.1. The third kappa shape index (κ3) is 5.03. The second kappa shape index (κ2) is 8.22. The summed E-state index contributed by atoms with van der Waals surface area (Å²) in [5.41, 5.74) is 3.22. The summed E-state index contributed by atoms with van der Waals surface area (Å²) in [5, 5.41) is 0.740. The molecule has 0 aliphatic carbocycles. The van der Waals surface area contributed by atoms with Gasteiger partial charge in [0.15, 0.2) is 0 Å². The first-order chi connectivity index (χ1) is 13.2. The van der Waals surface area contributed by atoms with Gasteiger partial charge in [0.2, 0.25) is 0 Å². The number of benzene rings is 2. The number of ketones is 1. The maximum absolute atomic E-state index is 14.0. The van der Waals surface area contributed by atoms with Gasteiger partial charge >= 0.3 is 0 Å². The Morgan fingerprint density at radius 2 is 1.79 bits per heavy atom. The third-order valence-corrected chi connectivity index (χ3v) is 5.10. The zero-order valence-corrected chi connectivity index (χ0v) is 17.1. The van der Waals surface area contributed by atoms with E-state index in [1.165, 1.54) is 11.6 Å². The minimum absolute atomic E-state index is 0.0509. The van der Waals surface area contributed by atoms with Crippen molar-refractivity contribution in [2.45, 2.75) is 47.0 Å². The van der Waals surface area contributed by atoms with E-state index in [-0.39, 0.29) is 22.9 Å². The fourth-order valence-corrected chi connectivity index (χ4v) is 3.75. The van der Waals surface area contributed by atoms with Crippen LogP contribution in [0.1, 0.15) is 44.0 Å². The molecule has 3 rings (SSSR count). The number of aromatic nitrogens is 1. The van der Waals surface area contributed by atoms with Crippen LogP contribution in [0.3, 0.4) is 0 Å². The van der Waals surface area contributed by atoms with E-state index < -0.39 is 0 Å². The van der Waals surface area contributed by atoms with E-state index in [1.807, 2.05) is 37.3 Å². The van der Waals surface area contributed by atoms with Gasteiger partial charge in [-0.2, -0.15) is 0 Å². The van der Waals surface area contributed by atoms with Crippen LogP contribution >= 0.6 is 0 Å². The van der Waals surface area contributed by atoms with Crippen molar-refractivity contribution in [3.8, 4) is 0 Å². The zero-order valence-electron chi connectivity index (χ0n) is 17.1. The maximum Gasteiger partial charge on any atom is 0.149 e. The number of carbonyl (C=O) groups is 1. The van der Waals surface area contributed by atoms with Crippen LogP contribution in [0.2, 0.25) is 0 Å². The molecule has 0 aliphatic heterocycles. The molecule has 0 spiro atoms. The molecule has 2 nitrogen and oxygen atoms in total. The molecule has 0 bridgehead atoms. The van der Waals surface area contributed by atoms with Crippen molar-refractivity contribution in [2.75, 3.05) is 0 Å². The molecular formula is C25H28FNO. The lowest BCUT2D eigenvalue weighted by molar-refractivity contribution is -0.123. The van der Waals surface area contributed by atoms with Gasteiger partial charge in [-0.05, 0) is 48.4 Å². The van der Waals surface area contributed by atoms with Gasteiger partial charge in [-0.25, -0.2) is 9.37 Å². The van der Waals surface area contributed by atoms with Gasteiger partial charge in [-0.15, -0.1) is 0 Å². The summed E-state index contributed by atoms with van der Waals surface area (Å²) < 4.78 is 14.0. The van der Waals surface area contributed by atoms with Crippen LogP contribution in [0.4, 0.5) is 4.39 Å². The highest BCUT2D eigenvalue weighted by Crippen LogP contribution is 2.29. The number of nitrogens with zero attached hydrogens (tertiary/aromatic N) is 1. The van der Waals surface area contributed by atoms with E-state index in [2.05, 4.69) is 37.9 Å². The molecule has 1 unspecified atom stereocenters. The molecule has 1 atom stereocenters. The Balaban J connectivity index is 1.86. The zero-order chi connectivity index (χ0) is 20.3. The molecule has 0 saturated heterocycles. The fourth-order valence-electron chi connectivity index (χ4n) is 3.75. The largest absolute Gasteiger partial charge is 0.299 e. The number of hydrogen-bond acceptors (Lipinski definition) is 2. The molecule has 0 saturated carbocycles. The van der Waals surface area contributed by atoms with Gasteiger partial charge in [-0.3, -0.25) is 4.79 Å². The summed E-state index contributed by atoms with van der Waals surface area (Å²) in [7, 11) is 0. The highest BCUT2D eigenvalue weighted by molar-refractivity contribution is 5.86. The Labute approximate surface area is 166 Å². The van der Waals surface area contributed by atoms with Gasteiger partial charge in [0.05, 0.1) is 0 Å². The van der Waals surface area contributed by atoms with Crippen molar-refractivity contribution < 1.29 is 9.18 Å². The minimum Gasteiger partial charge on any atom is -0.299 e. The molecule has 3 heteroatoms. The Kier molecular flexibility index (Phi) is 5.93. The summed E-state index contributed by atoms with van der Waals surface area (Å²) in [6, 6.07) is 17.0. The third-order valence-electron chi connectivity index (χ3n) is 5.10. The van der Waals surface area contributed by atoms with Crippen molar-refractivity contribution >= 4 is 16.7 Å². The average molecular weight is 378 g/mol. The standard InChI is InChI=1S/C25H28FNO/c1-17-20(14-19-11-8-12-22(26)24(19)27-17)15-23(28)21(16-25(2,3)4)13-18-9-6-5-7-10-18/h5-12,14,21H,13,15-16H2,1-4H3. The van der Waals surface area contributed by atoms with Crippen LogP contribution < -0.4 is 0 Å². The molecule has 28 heavy (non-hydrogen) atoms. The van der Waals surface area contributed by atoms with Gasteiger partial charge in [0.25, 0.3) is 0 Å². The number of fused-ring (bicyclic) bond motifs is 1. The first-order valence-electron chi connectivity index (χ1n) is 9.84. The number of halogens is 1. The molecule has 0 fully saturated rings. The number of rotatable bonds is 6. The topological polar surface area (TPSA) is 30.0 Å². The lowest BCUT2D eigenvalue weighted by atomic mass is 9.78. The predicted molar refractivity (Wildman–Crippen MR) is 113 cm³/mol. The summed E-state index contributed by atoms with van der Waals surface area (Å²) in [5.74, 6) is -0.155. The van der Waals surface area contributed by atoms with Crippen LogP contribution in [0.15, 0.2) is 54.6 Å². The molecule has 3 aromatic rings. The summed E-state index contributed by atoms with van der Waals surface area (Å²) >= 11 is 0. The van der Waals surface area contributed by atoms with Crippen LogP contribution in [-0.2, 0) is 17.6 Å². The van der Waals surface area contributed by atoms with Crippen molar-refractivity contribution in [1.29, 1.82) is 0 Å². The molecule has 0 radical (unpaired) electrons.